The molecule has 0 aliphatic heterocycles. The van der Waals surface area contributed by atoms with Crippen LogP contribution in [0.25, 0.3) is 5.95 Å². The van der Waals surface area contributed by atoms with Gasteiger partial charge in [0.15, 0.2) is 0 Å². The smallest absolute Gasteiger partial charge is 0.241 e. The normalized spacial score (nSPS) is 11.9. The maximum atomic E-state index is 8.72. The van der Waals surface area contributed by atoms with E-state index in [2.05, 4.69) is 26.0 Å². The van der Waals surface area contributed by atoms with Crippen molar-refractivity contribution in [3.8, 4) is 12.0 Å². The van der Waals surface area contributed by atoms with Crippen molar-refractivity contribution in [2.24, 2.45) is 0 Å². The largest absolute Gasteiger partial charge is 0.340 e. The molecular formula is C11H12ClN7. The molecule has 0 radical (unpaired) electrons. The van der Waals surface area contributed by atoms with E-state index >= 15 is 0 Å². The van der Waals surface area contributed by atoms with Crippen molar-refractivity contribution in [2.45, 2.75) is 19.4 Å². The summed E-state index contributed by atoms with van der Waals surface area (Å²) in [6.45, 7) is 1.91. The predicted octanol–water partition coefficient (Wildman–Crippen LogP) is 1.45. The Morgan fingerprint density at radius 3 is 2.89 bits per heavy atom. The molecule has 8 heteroatoms. The zero-order valence-electron chi connectivity index (χ0n) is 10.5. The number of halogens is 1. The Morgan fingerprint density at radius 2 is 2.26 bits per heavy atom. The first kappa shape index (κ1) is 13.2. The standard InChI is InChI=1S/C11H12ClN7/c1-8(3-4-13)18(2)10-15-9(12)16-11(17-10)19-6-5-14-7-19/h5-8H,3H2,1-2H3. The van der Waals surface area contributed by atoms with Crippen LogP contribution < -0.4 is 4.90 Å². The Hall–Kier alpha value is -2.20. The van der Waals surface area contributed by atoms with E-state index in [1.807, 2.05) is 14.0 Å². The van der Waals surface area contributed by atoms with Gasteiger partial charge < -0.3 is 4.90 Å². The second-order valence-electron chi connectivity index (χ2n) is 4.00. The van der Waals surface area contributed by atoms with Crippen LogP contribution in [-0.2, 0) is 0 Å². The molecule has 2 rings (SSSR count). The summed E-state index contributed by atoms with van der Waals surface area (Å²) < 4.78 is 1.64. The van der Waals surface area contributed by atoms with Gasteiger partial charge in [0.25, 0.3) is 0 Å². The third-order valence-electron chi connectivity index (χ3n) is 2.68. The molecule has 0 aromatic carbocycles. The van der Waals surface area contributed by atoms with E-state index in [9.17, 15) is 0 Å². The van der Waals surface area contributed by atoms with Gasteiger partial charge >= 0.3 is 0 Å². The zero-order valence-corrected chi connectivity index (χ0v) is 11.3. The van der Waals surface area contributed by atoms with Crippen molar-refractivity contribution in [2.75, 3.05) is 11.9 Å². The Balaban J connectivity index is 2.34. The molecule has 0 bridgehead atoms. The minimum absolute atomic E-state index is 0.0147. The second kappa shape index (κ2) is 5.63. The molecule has 0 aliphatic carbocycles. The first-order chi connectivity index (χ1) is 9.11. The molecule has 2 aromatic rings. The van der Waals surface area contributed by atoms with Crippen molar-refractivity contribution >= 4 is 17.5 Å². The van der Waals surface area contributed by atoms with Crippen molar-refractivity contribution < 1.29 is 0 Å². The van der Waals surface area contributed by atoms with Gasteiger partial charge in [0.2, 0.25) is 17.2 Å². The topological polar surface area (TPSA) is 83.5 Å². The summed E-state index contributed by atoms with van der Waals surface area (Å²) in [4.78, 5) is 18.1. The van der Waals surface area contributed by atoms with Crippen molar-refractivity contribution in [3.63, 3.8) is 0 Å². The molecular weight excluding hydrogens is 266 g/mol. The maximum absolute atomic E-state index is 8.72. The lowest BCUT2D eigenvalue weighted by Crippen LogP contribution is -2.30. The summed E-state index contributed by atoms with van der Waals surface area (Å²) in [6, 6.07) is 2.10. The van der Waals surface area contributed by atoms with Gasteiger partial charge in [-0.15, -0.1) is 0 Å². The number of nitriles is 1. The van der Waals surface area contributed by atoms with Gasteiger partial charge in [-0.3, -0.25) is 4.57 Å². The van der Waals surface area contributed by atoms with Crippen LogP contribution in [0.1, 0.15) is 13.3 Å². The summed E-state index contributed by atoms with van der Waals surface area (Å²) in [7, 11) is 1.81. The molecule has 2 heterocycles. The molecule has 98 valence electrons. The summed E-state index contributed by atoms with van der Waals surface area (Å²) in [5.74, 6) is 0.815. The Labute approximate surface area is 115 Å². The van der Waals surface area contributed by atoms with E-state index in [4.69, 9.17) is 16.9 Å². The van der Waals surface area contributed by atoms with Gasteiger partial charge in [-0.2, -0.15) is 20.2 Å². The van der Waals surface area contributed by atoms with Crippen molar-refractivity contribution in [3.05, 3.63) is 24.0 Å². The number of aromatic nitrogens is 5. The van der Waals surface area contributed by atoms with Crippen LogP contribution in [0.4, 0.5) is 5.95 Å². The van der Waals surface area contributed by atoms with Gasteiger partial charge in [0, 0.05) is 25.5 Å². The number of imidazole rings is 1. The van der Waals surface area contributed by atoms with Gasteiger partial charge in [-0.05, 0) is 18.5 Å². The summed E-state index contributed by atoms with van der Waals surface area (Å²) >= 11 is 5.91. The molecule has 2 aromatic heterocycles. The number of rotatable bonds is 4. The van der Waals surface area contributed by atoms with Crippen LogP contribution in [-0.4, -0.2) is 37.6 Å². The maximum Gasteiger partial charge on any atom is 0.241 e. The van der Waals surface area contributed by atoms with E-state index in [1.54, 1.807) is 28.2 Å². The molecule has 19 heavy (non-hydrogen) atoms. The van der Waals surface area contributed by atoms with Crippen LogP contribution in [0.15, 0.2) is 18.7 Å². The monoisotopic (exact) mass is 277 g/mol. The third kappa shape index (κ3) is 2.98. The fraction of sp³-hybridized carbons (Fsp3) is 0.364. The summed E-state index contributed by atoms with van der Waals surface area (Å²) in [6.07, 6.45) is 5.29. The highest BCUT2D eigenvalue weighted by Crippen LogP contribution is 2.15. The fourth-order valence-corrected chi connectivity index (χ4v) is 1.60. The van der Waals surface area contributed by atoms with Gasteiger partial charge in [0.1, 0.15) is 6.33 Å². The lowest BCUT2D eigenvalue weighted by atomic mass is 10.2. The first-order valence-electron chi connectivity index (χ1n) is 5.61. The lowest BCUT2D eigenvalue weighted by Gasteiger charge is -2.22. The second-order valence-corrected chi connectivity index (χ2v) is 4.33. The molecule has 1 unspecified atom stereocenters. The number of nitrogens with zero attached hydrogens (tertiary/aromatic N) is 7. The summed E-state index contributed by atoms with van der Waals surface area (Å²) in [5.41, 5.74) is 0. The van der Waals surface area contributed by atoms with Crippen molar-refractivity contribution in [1.82, 2.24) is 24.5 Å². The molecule has 0 spiro atoms. The SMILES string of the molecule is CC(CC#N)N(C)c1nc(Cl)nc(-n2ccnc2)n1. The molecule has 0 aliphatic rings. The number of anilines is 1. The predicted molar refractivity (Wildman–Crippen MR) is 70.1 cm³/mol. The van der Waals surface area contributed by atoms with E-state index in [-0.39, 0.29) is 11.3 Å². The zero-order chi connectivity index (χ0) is 13.8. The highest BCUT2D eigenvalue weighted by atomic mass is 35.5. The molecule has 0 saturated carbocycles. The van der Waals surface area contributed by atoms with Crippen LogP contribution in [0.3, 0.4) is 0 Å². The average Bonchev–Trinajstić information content (AvgIpc) is 2.91. The number of hydrogen-bond donors (Lipinski definition) is 0. The van der Waals surface area contributed by atoms with E-state index in [1.165, 1.54) is 0 Å². The van der Waals surface area contributed by atoms with E-state index in [0.717, 1.165) is 0 Å². The molecule has 0 amide bonds. The number of hydrogen-bond acceptors (Lipinski definition) is 6. The highest BCUT2D eigenvalue weighted by molar-refractivity contribution is 6.28. The minimum Gasteiger partial charge on any atom is -0.340 e. The molecule has 0 N–H and O–H groups in total. The van der Waals surface area contributed by atoms with E-state index in [0.29, 0.717) is 18.3 Å². The minimum atomic E-state index is -0.0147. The molecule has 7 nitrogen and oxygen atoms in total. The third-order valence-corrected chi connectivity index (χ3v) is 2.85. The highest BCUT2D eigenvalue weighted by Gasteiger charge is 2.15. The lowest BCUT2D eigenvalue weighted by molar-refractivity contribution is 0.677. The van der Waals surface area contributed by atoms with Crippen LogP contribution >= 0.6 is 11.6 Å². The Bertz CT molecular complexity index is 590. The van der Waals surface area contributed by atoms with Crippen LogP contribution in [0, 0.1) is 11.3 Å². The van der Waals surface area contributed by atoms with Gasteiger partial charge in [-0.1, -0.05) is 0 Å². The first-order valence-corrected chi connectivity index (χ1v) is 5.99. The van der Waals surface area contributed by atoms with Gasteiger partial charge in [0.05, 0.1) is 12.5 Å². The van der Waals surface area contributed by atoms with Crippen LogP contribution in [0.5, 0.6) is 0 Å². The Kier molecular flexibility index (Phi) is 3.92. The fourth-order valence-electron chi connectivity index (χ4n) is 1.45. The van der Waals surface area contributed by atoms with Crippen LogP contribution in [0.2, 0.25) is 5.28 Å². The van der Waals surface area contributed by atoms with E-state index < -0.39 is 0 Å². The van der Waals surface area contributed by atoms with Crippen molar-refractivity contribution in [1.29, 1.82) is 5.26 Å². The molecule has 1 atom stereocenters. The average molecular weight is 278 g/mol. The quantitative estimate of drug-likeness (QED) is 0.841. The summed E-state index contributed by atoms with van der Waals surface area (Å²) in [5, 5.41) is 8.83. The Morgan fingerprint density at radius 1 is 1.47 bits per heavy atom. The molecule has 0 fully saturated rings. The van der Waals surface area contributed by atoms with Gasteiger partial charge in [-0.25, -0.2) is 4.98 Å². The molecule has 0 saturated heterocycles.